The molecule has 0 unspecified atom stereocenters. The van der Waals surface area contributed by atoms with Crippen molar-refractivity contribution in [3.05, 3.63) is 29.8 Å². The van der Waals surface area contributed by atoms with E-state index in [1.807, 2.05) is 0 Å². The van der Waals surface area contributed by atoms with E-state index >= 15 is 0 Å². The van der Waals surface area contributed by atoms with Crippen LogP contribution in [-0.2, 0) is 11.2 Å². The van der Waals surface area contributed by atoms with Gasteiger partial charge < -0.3 is 15.0 Å². The third-order valence-corrected chi connectivity index (χ3v) is 6.51. The van der Waals surface area contributed by atoms with Crippen LogP contribution >= 0.6 is 0 Å². The second kappa shape index (κ2) is 7.97. The molecule has 0 bridgehead atoms. The van der Waals surface area contributed by atoms with E-state index in [2.05, 4.69) is 14.9 Å². The number of nitrogens with zero attached hydrogens (tertiary/aromatic N) is 2. The van der Waals surface area contributed by atoms with Gasteiger partial charge in [-0.2, -0.15) is 0 Å². The minimum Gasteiger partial charge on any atom is -0.481 e. The summed E-state index contributed by atoms with van der Waals surface area (Å²) >= 11 is 0. The summed E-state index contributed by atoms with van der Waals surface area (Å²) in [6, 6.07) is 4.51. The fourth-order valence-corrected chi connectivity index (χ4v) is 4.93. The van der Waals surface area contributed by atoms with Crippen LogP contribution in [0.3, 0.4) is 0 Å². The van der Waals surface area contributed by atoms with Gasteiger partial charge in [0, 0.05) is 38.3 Å². The number of carboxylic acid groups (broad SMARTS) is 1. The van der Waals surface area contributed by atoms with E-state index in [0.29, 0.717) is 42.7 Å². The van der Waals surface area contributed by atoms with Crippen molar-refractivity contribution in [2.24, 2.45) is 11.8 Å². The largest absolute Gasteiger partial charge is 0.481 e. The lowest BCUT2D eigenvalue weighted by Gasteiger charge is -2.44. The van der Waals surface area contributed by atoms with Crippen molar-refractivity contribution in [2.45, 2.75) is 56.9 Å². The highest BCUT2D eigenvalue weighted by molar-refractivity contribution is 5.74. The van der Waals surface area contributed by atoms with Crippen LogP contribution in [-0.4, -0.2) is 51.0 Å². The Morgan fingerprint density at radius 2 is 2.00 bits per heavy atom. The zero-order valence-corrected chi connectivity index (χ0v) is 16.2. The molecule has 5 nitrogen and oxygen atoms in total. The van der Waals surface area contributed by atoms with Gasteiger partial charge in [-0.25, -0.2) is 18.2 Å². The van der Waals surface area contributed by atoms with Crippen molar-refractivity contribution < 1.29 is 23.1 Å². The summed E-state index contributed by atoms with van der Waals surface area (Å²) in [4.78, 5) is 21.3. The molecule has 1 saturated heterocycles. The van der Waals surface area contributed by atoms with Crippen LogP contribution in [0.4, 0.5) is 13.2 Å². The lowest BCUT2D eigenvalue weighted by molar-refractivity contribution is -0.139. The lowest BCUT2D eigenvalue weighted by Crippen LogP contribution is -2.49. The first-order chi connectivity index (χ1) is 13.8. The average Bonchev–Trinajstić information content (AvgIpc) is 3.04. The maximum absolute atomic E-state index is 13.5. The molecule has 2 heterocycles. The topological polar surface area (TPSA) is 69.2 Å². The molecule has 0 amide bonds. The maximum Gasteiger partial charge on any atom is 0.303 e. The van der Waals surface area contributed by atoms with Gasteiger partial charge in [0.2, 0.25) is 5.92 Å². The fraction of sp³-hybridized carbons (Fsp3) is 0.619. The number of H-pyrrole nitrogens is 1. The number of aliphatic carboxylic acids is 1. The lowest BCUT2D eigenvalue weighted by atomic mass is 9.79. The van der Waals surface area contributed by atoms with Crippen LogP contribution in [0.2, 0.25) is 0 Å². The van der Waals surface area contributed by atoms with Crippen LogP contribution in [0, 0.1) is 17.7 Å². The number of aromatic nitrogens is 2. The van der Waals surface area contributed by atoms with Gasteiger partial charge in [0.1, 0.15) is 11.6 Å². The van der Waals surface area contributed by atoms with Gasteiger partial charge in [-0.1, -0.05) is 0 Å². The zero-order chi connectivity index (χ0) is 20.6. The number of carboxylic acids is 1. The van der Waals surface area contributed by atoms with Crippen LogP contribution in [0.25, 0.3) is 11.0 Å². The number of nitrogens with one attached hydrogen (secondary N) is 1. The zero-order valence-electron chi connectivity index (χ0n) is 16.2. The molecular formula is C21H26F3N3O2. The Kier molecular flexibility index (Phi) is 5.55. The van der Waals surface area contributed by atoms with Gasteiger partial charge in [0.15, 0.2) is 0 Å². The Morgan fingerprint density at radius 1 is 1.24 bits per heavy atom. The molecule has 1 aliphatic heterocycles. The van der Waals surface area contributed by atoms with E-state index in [1.54, 1.807) is 6.07 Å². The van der Waals surface area contributed by atoms with Crippen LogP contribution in [0.5, 0.6) is 0 Å². The highest BCUT2D eigenvalue weighted by Gasteiger charge is 2.40. The number of rotatable bonds is 5. The van der Waals surface area contributed by atoms with Crippen molar-refractivity contribution in [2.75, 3.05) is 13.1 Å². The van der Waals surface area contributed by atoms with Crippen molar-refractivity contribution in [3.8, 4) is 0 Å². The van der Waals surface area contributed by atoms with Gasteiger partial charge >= 0.3 is 5.97 Å². The number of fused-ring (bicyclic) bond motifs is 1. The number of imidazole rings is 1. The van der Waals surface area contributed by atoms with Crippen LogP contribution < -0.4 is 0 Å². The molecule has 29 heavy (non-hydrogen) atoms. The number of carbonyl (C=O) groups is 1. The molecule has 2 N–H and O–H groups in total. The number of benzene rings is 1. The first-order valence-corrected chi connectivity index (χ1v) is 10.3. The van der Waals surface area contributed by atoms with E-state index in [-0.39, 0.29) is 43.0 Å². The van der Waals surface area contributed by atoms with E-state index < -0.39 is 11.9 Å². The summed E-state index contributed by atoms with van der Waals surface area (Å²) in [5.41, 5.74) is 1.30. The third-order valence-electron chi connectivity index (χ3n) is 6.51. The molecule has 1 saturated carbocycles. The van der Waals surface area contributed by atoms with Gasteiger partial charge in [-0.15, -0.1) is 0 Å². The SMILES string of the molecule is O=C(O)C[C@@H]1CCN(C2CCC(F)(F)CC2)C[C@@H]1Cc1nc2ccc(F)cc2[nH]1. The summed E-state index contributed by atoms with van der Waals surface area (Å²) in [6.07, 6.45) is 2.20. The Labute approximate surface area is 167 Å². The fourth-order valence-electron chi connectivity index (χ4n) is 4.93. The smallest absolute Gasteiger partial charge is 0.303 e. The molecule has 1 aliphatic carbocycles. The summed E-state index contributed by atoms with van der Waals surface area (Å²) in [5, 5.41) is 9.30. The van der Waals surface area contributed by atoms with E-state index in [9.17, 15) is 23.1 Å². The number of hydrogen-bond donors (Lipinski definition) is 2. The normalized spacial score (nSPS) is 26.0. The molecule has 1 aromatic heterocycles. The number of halogens is 3. The highest BCUT2D eigenvalue weighted by Crippen LogP contribution is 2.38. The molecule has 2 fully saturated rings. The van der Waals surface area contributed by atoms with Crippen LogP contribution in [0.1, 0.15) is 44.3 Å². The van der Waals surface area contributed by atoms with Crippen molar-refractivity contribution in [1.82, 2.24) is 14.9 Å². The van der Waals surface area contributed by atoms with E-state index in [0.717, 1.165) is 13.0 Å². The van der Waals surface area contributed by atoms with E-state index in [1.165, 1.54) is 12.1 Å². The second-order valence-corrected chi connectivity index (χ2v) is 8.54. The monoisotopic (exact) mass is 409 g/mol. The van der Waals surface area contributed by atoms with Crippen molar-refractivity contribution >= 4 is 17.0 Å². The summed E-state index contributed by atoms with van der Waals surface area (Å²) in [5.74, 6) is -2.93. The van der Waals surface area contributed by atoms with Crippen molar-refractivity contribution in [1.29, 1.82) is 0 Å². The second-order valence-electron chi connectivity index (χ2n) is 8.54. The quantitative estimate of drug-likeness (QED) is 0.775. The summed E-state index contributed by atoms with van der Waals surface area (Å²) in [6.45, 7) is 1.43. The number of piperidine rings is 1. The number of alkyl halides is 2. The Hall–Kier alpha value is -2.09. The van der Waals surface area contributed by atoms with Crippen LogP contribution in [0.15, 0.2) is 18.2 Å². The van der Waals surface area contributed by atoms with Gasteiger partial charge in [0.25, 0.3) is 0 Å². The molecule has 4 rings (SSSR count). The first-order valence-electron chi connectivity index (χ1n) is 10.3. The highest BCUT2D eigenvalue weighted by atomic mass is 19.3. The average molecular weight is 409 g/mol. The minimum atomic E-state index is -2.55. The van der Waals surface area contributed by atoms with E-state index in [4.69, 9.17) is 0 Å². The number of aromatic amines is 1. The van der Waals surface area contributed by atoms with Gasteiger partial charge in [-0.05, 0) is 55.8 Å². The Bertz CT molecular complexity index is 875. The number of hydrogen-bond acceptors (Lipinski definition) is 3. The predicted molar refractivity (Wildman–Crippen MR) is 102 cm³/mol. The molecule has 8 heteroatoms. The summed E-state index contributed by atoms with van der Waals surface area (Å²) < 4.78 is 40.5. The molecule has 2 atom stereocenters. The number of likely N-dealkylation sites (tertiary alicyclic amines) is 1. The molecule has 0 radical (unpaired) electrons. The maximum atomic E-state index is 13.5. The first kappa shape index (κ1) is 20.2. The molecule has 2 aliphatic rings. The minimum absolute atomic E-state index is 0.0127. The molecule has 158 valence electrons. The molecule has 0 spiro atoms. The third kappa shape index (κ3) is 4.74. The summed E-state index contributed by atoms with van der Waals surface area (Å²) in [7, 11) is 0. The standard InChI is InChI=1S/C21H26F3N3O2/c22-15-1-2-17-18(11-15)26-19(25-17)9-14-12-27(8-5-13(14)10-20(28)29)16-3-6-21(23,24)7-4-16/h1-2,11,13-14,16H,3-10,12H2,(H,25,26)(H,28,29)/t13-,14-/m0/s1. The van der Waals surface area contributed by atoms with Crippen molar-refractivity contribution in [3.63, 3.8) is 0 Å². The molecular weight excluding hydrogens is 383 g/mol. The Balaban J connectivity index is 1.49. The van der Waals surface area contributed by atoms with Gasteiger partial charge in [0.05, 0.1) is 11.0 Å². The Morgan fingerprint density at radius 3 is 2.72 bits per heavy atom. The predicted octanol–water partition coefficient (Wildman–Crippen LogP) is 4.24. The molecule has 1 aromatic carbocycles. The molecule has 2 aromatic rings. The van der Waals surface area contributed by atoms with Gasteiger partial charge in [-0.3, -0.25) is 4.79 Å².